The summed E-state index contributed by atoms with van der Waals surface area (Å²) in [4.78, 5) is 0. The van der Waals surface area contributed by atoms with Crippen LogP contribution in [0.5, 0.6) is 17.2 Å². The molecule has 0 spiro atoms. The summed E-state index contributed by atoms with van der Waals surface area (Å²) in [6, 6.07) is 29.5. The first-order valence-corrected chi connectivity index (χ1v) is 10.3. The van der Waals surface area contributed by atoms with Crippen LogP contribution >= 0.6 is 11.6 Å². The number of benzene rings is 4. The highest BCUT2D eigenvalue weighted by atomic mass is 35.5. The Labute approximate surface area is 186 Å². The van der Waals surface area contributed by atoms with E-state index in [4.69, 9.17) is 21.1 Å². The third-order valence-corrected chi connectivity index (χ3v) is 4.96. The van der Waals surface area contributed by atoms with Crippen LogP contribution in [0, 0.1) is 5.82 Å². The van der Waals surface area contributed by atoms with Gasteiger partial charge in [-0.2, -0.15) is 0 Å². The third-order valence-electron chi connectivity index (χ3n) is 4.67. The Hall–Kier alpha value is -3.50. The van der Waals surface area contributed by atoms with Crippen molar-refractivity contribution >= 4 is 17.3 Å². The molecule has 5 heteroatoms. The normalized spacial score (nSPS) is 10.5. The molecule has 0 fully saturated rings. The van der Waals surface area contributed by atoms with Crippen molar-refractivity contribution in [2.45, 2.75) is 13.2 Å². The zero-order chi connectivity index (χ0) is 21.5. The van der Waals surface area contributed by atoms with E-state index in [1.165, 1.54) is 6.07 Å². The van der Waals surface area contributed by atoms with Gasteiger partial charge in [0.2, 0.25) is 0 Å². The van der Waals surface area contributed by atoms with Gasteiger partial charge in [0.1, 0.15) is 29.7 Å². The molecule has 0 aromatic heterocycles. The first kappa shape index (κ1) is 20.8. The molecule has 0 saturated heterocycles. The molecule has 0 aliphatic carbocycles. The number of hydrogen-bond donors (Lipinski definition) is 1. The summed E-state index contributed by atoms with van der Waals surface area (Å²) >= 11 is 6.35. The summed E-state index contributed by atoms with van der Waals surface area (Å²) in [6.07, 6.45) is 0. The maximum atomic E-state index is 13.7. The summed E-state index contributed by atoms with van der Waals surface area (Å²) < 4.78 is 25.2. The fraction of sp³-hybridized carbons (Fsp3) is 0.0769. The number of hydrogen-bond acceptors (Lipinski definition) is 3. The van der Waals surface area contributed by atoms with Gasteiger partial charge in [0.15, 0.2) is 0 Å². The Morgan fingerprint density at radius 3 is 2.23 bits per heavy atom. The van der Waals surface area contributed by atoms with Crippen molar-refractivity contribution in [3.05, 3.63) is 119 Å². The van der Waals surface area contributed by atoms with Crippen molar-refractivity contribution in [2.75, 3.05) is 5.32 Å². The summed E-state index contributed by atoms with van der Waals surface area (Å²) in [5.74, 6) is 1.81. The number of ether oxygens (including phenoxy) is 2. The molecule has 4 aromatic rings. The first-order valence-electron chi connectivity index (χ1n) is 9.89. The Bertz CT molecular complexity index is 1130. The molecule has 0 radical (unpaired) electrons. The maximum Gasteiger partial charge on any atom is 0.138 e. The molecule has 0 bridgehead atoms. The van der Waals surface area contributed by atoms with Crippen LogP contribution in [0.1, 0.15) is 11.1 Å². The van der Waals surface area contributed by atoms with Gasteiger partial charge < -0.3 is 14.8 Å². The second kappa shape index (κ2) is 10.0. The fourth-order valence-corrected chi connectivity index (χ4v) is 3.27. The van der Waals surface area contributed by atoms with Gasteiger partial charge >= 0.3 is 0 Å². The van der Waals surface area contributed by atoms with Crippen molar-refractivity contribution < 1.29 is 13.9 Å². The van der Waals surface area contributed by atoms with Crippen LogP contribution in [0.25, 0.3) is 0 Å². The largest absolute Gasteiger partial charge is 0.487 e. The molecule has 156 valence electrons. The van der Waals surface area contributed by atoms with Crippen molar-refractivity contribution in [2.24, 2.45) is 0 Å². The highest BCUT2D eigenvalue weighted by molar-refractivity contribution is 6.32. The van der Waals surface area contributed by atoms with Gasteiger partial charge in [-0.3, -0.25) is 0 Å². The lowest BCUT2D eigenvalue weighted by Crippen LogP contribution is -2.01. The molecule has 4 aromatic carbocycles. The van der Waals surface area contributed by atoms with Crippen LogP contribution in [-0.4, -0.2) is 0 Å². The molecular formula is C26H21ClFNO2. The topological polar surface area (TPSA) is 30.5 Å². The standard InChI is InChI=1S/C26H21ClFNO2/c27-24-16-19(10-15-26(24)30-18-20-6-4-5-9-25(20)28)17-29-21-11-13-23(14-12-21)31-22-7-2-1-3-8-22/h1-16,29H,17-18H2. The van der Waals surface area contributed by atoms with Crippen LogP contribution in [0.15, 0.2) is 97.1 Å². The number of rotatable bonds is 8. The predicted octanol–water partition coefficient (Wildman–Crippen LogP) is 7.46. The predicted molar refractivity (Wildman–Crippen MR) is 122 cm³/mol. The second-order valence-electron chi connectivity index (χ2n) is 6.94. The highest BCUT2D eigenvalue weighted by Gasteiger charge is 2.06. The minimum absolute atomic E-state index is 0.126. The Morgan fingerprint density at radius 2 is 1.48 bits per heavy atom. The van der Waals surface area contributed by atoms with Gasteiger partial charge in [-0.15, -0.1) is 0 Å². The van der Waals surface area contributed by atoms with Crippen molar-refractivity contribution in [3.8, 4) is 17.2 Å². The second-order valence-corrected chi connectivity index (χ2v) is 7.35. The van der Waals surface area contributed by atoms with Gasteiger partial charge in [-0.05, 0) is 60.2 Å². The zero-order valence-electron chi connectivity index (χ0n) is 16.7. The van der Waals surface area contributed by atoms with E-state index in [1.54, 1.807) is 24.3 Å². The number of anilines is 1. The van der Waals surface area contributed by atoms with Gasteiger partial charge in [0.25, 0.3) is 0 Å². The average Bonchev–Trinajstić information content (AvgIpc) is 2.80. The lowest BCUT2D eigenvalue weighted by atomic mass is 10.2. The van der Waals surface area contributed by atoms with Gasteiger partial charge in [-0.25, -0.2) is 4.39 Å². The van der Waals surface area contributed by atoms with Crippen molar-refractivity contribution in [3.63, 3.8) is 0 Å². The highest BCUT2D eigenvalue weighted by Crippen LogP contribution is 2.27. The SMILES string of the molecule is Fc1ccccc1COc1ccc(CNc2ccc(Oc3ccccc3)cc2)cc1Cl. The number of nitrogens with one attached hydrogen (secondary N) is 1. The fourth-order valence-electron chi connectivity index (χ4n) is 3.01. The van der Waals surface area contributed by atoms with Crippen molar-refractivity contribution in [1.82, 2.24) is 0 Å². The van der Waals surface area contributed by atoms with Crippen molar-refractivity contribution in [1.29, 1.82) is 0 Å². The van der Waals surface area contributed by atoms with E-state index in [2.05, 4.69) is 5.32 Å². The van der Waals surface area contributed by atoms with E-state index in [9.17, 15) is 4.39 Å². The summed E-state index contributed by atoms with van der Waals surface area (Å²) in [5.41, 5.74) is 2.47. The van der Waals surface area contributed by atoms with Crippen LogP contribution in [-0.2, 0) is 13.2 Å². The van der Waals surface area contributed by atoms with E-state index >= 15 is 0 Å². The lowest BCUT2D eigenvalue weighted by Gasteiger charge is -2.12. The quantitative estimate of drug-likeness (QED) is 0.312. The monoisotopic (exact) mass is 433 g/mol. The van der Waals surface area contributed by atoms with Crippen LogP contribution in [0.2, 0.25) is 5.02 Å². The number of halogens is 2. The van der Waals surface area contributed by atoms with Gasteiger partial charge in [0.05, 0.1) is 5.02 Å². The molecular weight excluding hydrogens is 413 g/mol. The Morgan fingerprint density at radius 1 is 0.774 bits per heavy atom. The molecule has 0 aliphatic heterocycles. The van der Waals surface area contributed by atoms with E-state index in [-0.39, 0.29) is 12.4 Å². The molecule has 0 atom stereocenters. The third kappa shape index (κ3) is 5.77. The van der Waals surface area contributed by atoms with Crippen LogP contribution < -0.4 is 14.8 Å². The average molecular weight is 434 g/mol. The van der Waals surface area contributed by atoms with E-state index < -0.39 is 0 Å². The molecule has 1 N–H and O–H groups in total. The summed E-state index contributed by atoms with van der Waals surface area (Å²) in [6.45, 7) is 0.730. The first-order chi connectivity index (χ1) is 15.2. The maximum absolute atomic E-state index is 13.7. The minimum Gasteiger partial charge on any atom is -0.487 e. The molecule has 0 aliphatic rings. The zero-order valence-corrected chi connectivity index (χ0v) is 17.5. The molecule has 31 heavy (non-hydrogen) atoms. The summed E-state index contributed by atoms with van der Waals surface area (Å²) in [7, 11) is 0. The molecule has 0 unspecified atom stereocenters. The molecule has 4 rings (SSSR count). The number of para-hydroxylation sites is 1. The van der Waals surface area contributed by atoms with Gasteiger partial charge in [-0.1, -0.05) is 54.1 Å². The van der Waals surface area contributed by atoms with Crippen LogP contribution in [0.3, 0.4) is 0 Å². The molecule has 0 saturated carbocycles. The van der Waals surface area contributed by atoms with Gasteiger partial charge in [0, 0.05) is 17.8 Å². The molecule has 0 amide bonds. The molecule has 3 nitrogen and oxygen atoms in total. The van der Waals surface area contributed by atoms with E-state index in [0.717, 1.165) is 22.7 Å². The van der Waals surface area contributed by atoms with Crippen LogP contribution in [0.4, 0.5) is 10.1 Å². The minimum atomic E-state index is -0.292. The Balaban J connectivity index is 1.31. The molecule has 0 heterocycles. The van der Waals surface area contributed by atoms with E-state index in [1.807, 2.05) is 66.7 Å². The van der Waals surface area contributed by atoms with E-state index in [0.29, 0.717) is 22.9 Å². The Kier molecular flexibility index (Phi) is 6.70. The smallest absolute Gasteiger partial charge is 0.138 e. The summed E-state index contributed by atoms with van der Waals surface area (Å²) in [5, 5.41) is 3.85. The lowest BCUT2D eigenvalue weighted by molar-refractivity contribution is 0.300.